The van der Waals surface area contributed by atoms with Gasteiger partial charge in [0.25, 0.3) is 0 Å². The van der Waals surface area contributed by atoms with Gasteiger partial charge >= 0.3 is 0 Å². The summed E-state index contributed by atoms with van der Waals surface area (Å²) in [4.78, 5) is 11.4. The molecular formula is C17H17ClN4O. The van der Waals surface area contributed by atoms with Crippen LogP contribution in [-0.4, -0.2) is 12.5 Å². The summed E-state index contributed by atoms with van der Waals surface area (Å²) in [6.45, 7) is 0.979. The lowest BCUT2D eigenvalue weighted by molar-refractivity contribution is 0.100. The number of carbonyl (C=O) groups is 1. The molecule has 0 bridgehead atoms. The average molecular weight is 329 g/mol. The average Bonchev–Trinajstić information content (AvgIpc) is 3.27. The van der Waals surface area contributed by atoms with Crippen molar-refractivity contribution in [2.24, 2.45) is 11.7 Å². The van der Waals surface area contributed by atoms with Crippen LogP contribution in [0.15, 0.2) is 36.4 Å². The summed E-state index contributed by atoms with van der Waals surface area (Å²) >= 11 is 6.59. The number of hydrogen-bond acceptors (Lipinski definition) is 4. The van der Waals surface area contributed by atoms with Gasteiger partial charge in [0, 0.05) is 17.7 Å². The summed E-state index contributed by atoms with van der Waals surface area (Å²) < 4.78 is 0. The maximum atomic E-state index is 11.4. The fourth-order valence-corrected chi connectivity index (χ4v) is 3.18. The first kappa shape index (κ1) is 14.4. The van der Waals surface area contributed by atoms with Crippen LogP contribution in [0, 0.1) is 5.92 Å². The standard InChI is InChI=1S/C17H17ClN4O/c18-15-13(11-2-1-3-12(8-11)17(19)23)6-7-14-16(15)20-21-22(14)9-10-4-5-10/h1-3,6-8,10,20-21H,4-5,9H2,(H2,19,23). The monoisotopic (exact) mass is 328 g/mol. The largest absolute Gasteiger partial charge is 0.366 e. The van der Waals surface area contributed by atoms with Gasteiger partial charge in [-0.15, -0.1) is 5.53 Å². The van der Waals surface area contributed by atoms with E-state index in [1.54, 1.807) is 12.1 Å². The highest BCUT2D eigenvalue weighted by Gasteiger charge is 2.29. The normalized spacial score (nSPS) is 16.1. The number of benzene rings is 2. The number of anilines is 2. The van der Waals surface area contributed by atoms with Crippen molar-refractivity contribution in [1.29, 1.82) is 0 Å². The lowest BCUT2D eigenvalue weighted by atomic mass is 10.0. The molecule has 0 aromatic heterocycles. The molecule has 1 aliphatic carbocycles. The maximum Gasteiger partial charge on any atom is 0.248 e. The topological polar surface area (TPSA) is 70.4 Å². The van der Waals surface area contributed by atoms with Crippen LogP contribution in [0.4, 0.5) is 11.4 Å². The van der Waals surface area contributed by atoms with E-state index in [2.05, 4.69) is 16.0 Å². The van der Waals surface area contributed by atoms with Crippen molar-refractivity contribution in [3.05, 3.63) is 47.0 Å². The molecule has 6 heteroatoms. The van der Waals surface area contributed by atoms with Gasteiger partial charge in [-0.3, -0.25) is 9.80 Å². The number of nitrogens with zero attached hydrogens (tertiary/aromatic N) is 1. The molecule has 0 unspecified atom stereocenters. The molecule has 1 amide bonds. The van der Waals surface area contributed by atoms with Crippen molar-refractivity contribution in [2.75, 3.05) is 17.0 Å². The zero-order valence-corrected chi connectivity index (χ0v) is 13.2. The van der Waals surface area contributed by atoms with Crippen LogP contribution in [-0.2, 0) is 0 Å². The molecule has 0 radical (unpaired) electrons. The van der Waals surface area contributed by atoms with Crippen molar-refractivity contribution in [3.8, 4) is 11.1 Å². The van der Waals surface area contributed by atoms with Crippen LogP contribution in [0.2, 0.25) is 5.02 Å². The smallest absolute Gasteiger partial charge is 0.248 e. The molecule has 2 aromatic rings. The molecule has 4 N–H and O–H groups in total. The minimum absolute atomic E-state index is 0.445. The van der Waals surface area contributed by atoms with Crippen LogP contribution in [0.3, 0.4) is 0 Å². The molecule has 2 aromatic carbocycles. The van der Waals surface area contributed by atoms with Crippen molar-refractivity contribution in [3.63, 3.8) is 0 Å². The second kappa shape index (κ2) is 5.44. The van der Waals surface area contributed by atoms with E-state index in [1.807, 2.05) is 24.3 Å². The van der Waals surface area contributed by atoms with E-state index >= 15 is 0 Å². The van der Waals surface area contributed by atoms with Gasteiger partial charge in [-0.25, -0.2) is 0 Å². The van der Waals surface area contributed by atoms with Crippen molar-refractivity contribution in [2.45, 2.75) is 12.8 Å². The molecule has 2 aliphatic rings. The molecular weight excluding hydrogens is 312 g/mol. The van der Waals surface area contributed by atoms with Crippen molar-refractivity contribution < 1.29 is 4.79 Å². The summed E-state index contributed by atoms with van der Waals surface area (Å²) in [5.74, 6) is 0.320. The second-order valence-corrected chi connectivity index (χ2v) is 6.44. The Morgan fingerprint density at radius 2 is 2.13 bits per heavy atom. The molecule has 0 spiro atoms. The number of rotatable bonds is 4. The molecule has 1 heterocycles. The molecule has 0 atom stereocenters. The summed E-state index contributed by atoms with van der Waals surface area (Å²) in [5, 5.41) is 2.73. The van der Waals surface area contributed by atoms with E-state index in [4.69, 9.17) is 17.3 Å². The molecule has 23 heavy (non-hydrogen) atoms. The summed E-state index contributed by atoms with van der Waals surface area (Å²) in [6.07, 6.45) is 2.58. The Morgan fingerprint density at radius 3 is 2.87 bits per heavy atom. The Kier molecular flexibility index (Phi) is 3.39. The molecule has 0 saturated heterocycles. The highest BCUT2D eigenvalue weighted by atomic mass is 35.5. The van der Waals surface area contributed by atoms with Gasteiger partial charge in [-0.2, -0.15) is 0 Å². The number of nitrogens with one attached hydrogen (secondary N) is 2. The Balaban J connectivity index is 1.71. The zero-order chi connectivity index (χ0) is 16.0. The molecule has 5 nitrogen and oxygen atoms in total. The SMILES string of the molecule is NC(=O)c1cccc(-c2ccc3c(c2Cl)NNN3CC2CC2)c1. The van der Waals surface area contributed by atoms with E-state index in [9.17, 15) is 4.79 Å². The number of halogens is 1. The van der Waals surface area contributed by atoms with Gasteiger partial charge in [-0.05, 0) is 42.5 Å². The molecule has 4 rings (SSSR count). The third kappa shape index (κ3) is 2.62. The van der Waals surface area contributed by atoms with E-state index in [1.165, 1.54) is 12.8 Å². The highest BCUT2D eigenvalue weighted by molar-refractivity contribution is 6.37. The first-order valence-corrected chi connectivity index (χ1v) is 8.03. The van der Waals surface area contributed by atoms with Crippen molar-refractivity contribution >= 4 is 28.9 Å². The van der Waals surface area contributed by atoms with Gasteiger partial charge in [0.1, 0.15) is 0 Å². The van der Waals surface area contributed by atoms with Gasteiger partial charge in [0.05, 0.1) is 16.4 Å². The number of hydrazine groups is 2. The maximum absolute atomic E-state index is 11.4. The zero-order valence-electron chi connectivity index (χ0n) is 12.5. The van der Waals surface area contributed by atoms with Crippen LogP contribution < -0.4 is 21.7 Å². The second-order valence-electron chi connectivity index (χ2n) is 6.06. The number of fused-ring (bicyclic) bond motifs is 1. The van der Waals surface area contributed by atoms with Crippen LogP contribution in [0.25, 0.3) is 11.1 Å². The fourth-order valence-electron chi connectivity index (χ4n) is 2.86. The number of amides is 1. The number of nitrogens with two attached hydrogens (primary N) is 1. The quantitative estimate of drug-likeness (QED) is 0.806. The molecule has 118 valence electrons. The van der Waals surface area contributed by atoms with Gasteiger partial charge in [-0.1, -0.05) is 29.8 Å². The van der Waals surface area contributed by atoms with E-state index in [0.29, 0.717) is 10.6 Å². The van der Waals surface area contributed by atoms with E-state index < -0.39 is 5.91 Å². The summed E-state index contributed by atoms with van der Waals surface area (Å²) in [6, 6.07) is 11.2. The number of carbonyl (C=O) groups excluding carboxylic acids is 1. The molecule has 1 aliphatic heterocycles. The number of primary amides is 1. The summed E-state index contributed by atoms with van der Waals surface area (Å²) in [7, 11) is 0. The van der Waals surface area contributed by atoms with Gasteiger partial charge in [0.2, 0.25) is 5.91 Å². The summed E-state index contributed by atoms with van der Waals surface area (Å²) in [5.41, 5.74) is 15.8. The van der Waals surface area contributed by atoms with Crippen LogP contribution in [0.1, 0.15) is 23.2 Å². The Morgan fingerprint density at radius 1 is 1.30 bits per heavy atom. The third-order valence-electron chi connectivity index (χ3n) is 4.32. The first-order chi connectivity index (χ1) is 11.1. The minimum Gasteiger partial charge on any atom is -0.366 e. The Bertz CT molecular complexity index is 788. The fraction of sp³-hybridized carbons (Fsp3) is 0.235. The number of hydrogen-bond donors (Lipinski definition) is 3. The predicted molar refractivity (Wildman–Crippen MR) is 92.2 cm³/mol. The first-order valence-electron chi connectivity index (χ1n) is 7.65. The lowest BCUT2D eigenvalue weighted by Gasteiger charge is -2.17. The predicted octanol–water partition coefficient (Wildman–Crippen LogP) is 3.17. The molecule has 1 fully saturated rings. The van der Waals surface area contributed by atoms with Gasteiger partial charge < -0.3 is 11.2 Å². The van der Waals surface area contributed by atoms with Gasteiger partial charge in [0.15, 0.2) is 0 Å². The lowest BCUT2D eigenvalue weighted by Crippen LogP contribution is -2.37. The van der Waals surface area contributed by atoms with Crippen LogP contribution >= 0.6 is 11.6 Å². The van der Waals surface area contributed by atoms with E-state index in [-0.39, 0.29) is 0 Å². The highest BCUT2D eigenvalue weighted by Crippen LogP contribution is 2.43. The third-order valence-corrected chi connectivity index (χ3v) is 4.71. The Hall–Kier alpha value is -2.24. The van der Waals surface area contributed by atoms with Crippen LogP contribution in [0.5, 0.6) is 0 Å². The Labute approximate surface area is 139 Å². The minimum atomic E-state index is -0.445. The van der Waals surface area contributed by atoms with E-state index in [0.717, 1.165) is 35.0 Å². The molecule has 1 saturated carbocycles. The van der Waals surface area contributed by atoms with Crippen molar-refractivity contribution in [1.82, 2.24) is 5.53 Å².